The predicted molar refractivity (Wildman–Crippen MR) is 77.4 cm³/mol. The summed E-state index contributed by atoms with van der Waals surface area (Å²) in [4.78, 5) is 3.72. The van der Waals surface area contributed by atoms with Gasteiger partial charge in [0.2, 0.25) is 0 Å². The SMILES string of the molecule is N#Cc1cc(N)cc(Cl)c1-n1cc2c(N)ncc(F)c2n1. The Bertz CT molecular complexity index is 872. The maximum Gasteiger partial charge on any atom is 0.169 e. The number of benzene rings is 1. The molecule has 2 aromatic heterocycles. The number of hydrogen-bond donors (Lipinski definition) is 2. The van der Waals surface area contributed by atoms with E-state index in [1.165, 1.54) is 23.0 Å². The molecule has 0 amide bonds. The highest BCUT2D eigenvalue weighted by Gasteiger charge is 2.16. The maximum absolute atomic E-state index is 13.7. The average molecular weight is 303 g/mol. The molecule has 1 aromatic carbocycles. The van der Waals surface area contributed by atoms with Gasteiger partial charge in [-0.25, -0.2) is 14.1 Å². The molecule has 0 radical (unpaired) electrons. The van der Waals surface area contributed by atoms with Crippen LogP contribution >= 0.6 is 11.6 Å². The Morgan fingerprint density at radius 1 is 1.33 bits per heavy atom. The number of rotatable bonds is 1. The van der Waals surface area contributed by atoms with Crippen LogP contribution in [-0.2, 0) is 0 Å². The van der Waals surface area contributed by atoms with E-state index in [1.807, 2.05) is 6.07 Å². The molecule has 6 nitrogen and oxygen atoms in total. The summed E-state index contributed by atoms with van der Waals surface area (Å²) in [5.74, 6) is -0.467. The Kier molecular flexibility index (Phi) is 2.89. The fraction of sp³-hybridized carbons (Fsp3) is 0. The zero-order valence-electron chi connectivity index (χ0n) is 10.5. The van der Waals surface area contributed by atoms with Gasteiger partial charge in [-0.3, -0.25) is 0 Å². The third-order valence-electron chi connectivity index (χ3n) is 2.97. The number of fused-ring (bicyclic) bond motifs is 1. The van der Waals surface area contributed by atoms with Gasteiger partial charge >= 0.3 is 0 Å². The first kappa shape index (κ1) is 13.1. The van der Waals surface area contributed by atoms with Gasteiger partial charge in [-0.1, -0.05) is 11.6 Å². The molecule has 0 atom stereocenters. The van der Waals surface area contributed by atoms with Crippen molar-refractivity contribution in [2.45, 2.75) is 0 Å². The zero-order valence-corrected chi connectivity index (χ0v) is 11.3. The van der Waals surface area contributed by atoms with Crippen LogP contribution in [0.3, 0.4) is 0 Å². The lowest BCUT2D eigenvalue weighted by Gasteiger charge is -2.07. The maximum atomic E-state index is 13.7. The monoisotopic (exact) mass is 302 g/mol. The first-order chi connectivity index (χ1) is 10.0. The van der Waals surface area contributed by atoms with Crippen LogP contribution in [0, 0.1) is 17.1 Å². The second-order valence-corrected chi connectivity index (χ2v) is 4.75. The van der Waals surface area contributed by atoms with Gasteiger partial charge in [0.25, 0.3) is 0 Å². The van der Waals surface area contributed by atoms with Crippen molar-refractivity contribution in [2.75, 3.05) is 11.5 Å². The van der Waals surface area contributed by atoms with Gasteiger partial charge in [0.1, 0.15) is 23.1 Å². The molecule has 0 saturated heterocycles. The second kappa shape index (κ2) is 4.61. The molecule has 3 aromatic rings. The lowest BCUT2D eigenvalue weighted by molar-refractivity contribution is 0.629. The van der Waals surface area contributed by atoms with Gasteiger partial charge in [0.05, 0.1) is 22.2 Å². The lowest BCUT2D eigenvalue weighted by atomic mass is 10.1. The fourth-order valence-electron chi connectivity index (χ4n) is 2.05. The number of nitriles is 1. The van der Waals surface area contributed by atoms with Crippen LogP contribution in [0.2, 0.25) is 5.02 Å². The quantitative estimate of drug-likeness (QED) is 0.670. The van der Waals surface area contributed by atoms with Crippen molar-refractivity contribution in [3.63, 3.8) is 0 Å². The summed E-state index contributed by atoms with van der Waals surface area (Å²) in [6.07, 6.45) is 2.46. The van der Waals surface area contributed by atoms with Crippen LogP contribution in [0.15, 0.2) is 24.5 Å². The molecule has 21 heavy (non-hydrogen) atoms. The summed E-state index contributed by atoms with van der Waals surface area (Å²) in [6, 6.07) is 4.94. The first-order valence-corrected chi connectivity index (χ1v) is 6.18. The molecule has 0 saturated carbocycles. The van der Waals surface area contributed by atoms with Crippen molar-refractivity contribution in [1.82, 2.24) is 14.8 Å². The smallest absolute Gasteiger partial charge is 0.169 e. The van der Waals surface area contributed by atoms with Gasteiger partial charge < -0.3 is 11.5 Å². The molecule has 0 aliphatic rings. The summed E-state index contributed by atoms with van der Waals surface area (Å²) in [5.41, 5.74) is 12.3. The number of hydrogen-bond acceptors (Lipinski definition) is 5. The Morgan fingerprint density at radius 2 is 2.10 bits per heavy atom. The topological polar surface area (TPSA) is 107 Å². The van der Waals surface area contributed by atoms with E-state index in [0.29, 0.717) is 16.8 Å². The first-order valence-electron chi connectivity index (χ1n) is 5.80. The molecule has 0 unspecified atom stereocenters. The van der Waals surface area contributed by atoms with E-state index in [4.69, 9.17) is 23.1 Å². The van der Waals surface area contributed by atoms with Crippen LogP contribution in [-0.4, -0.2) is 14.8 Å². The Balaban J connectivity index is 2.34. The molecule has 0 spiro atoms. The largest absolute Gasteiger partial charge is 0.399 e. The number of nitrogen functional groups attached to an aromatic ring is 2. The van der Waals surface area contributed by atoms with Crippen molar-refractivity contribution in [2.24, 2.45) is 0 Å². The summed E-state index contributed by atoms with van der Waals surface area (Å²) in [7, 11) is 0. The van der Waals surface area contributed by atoms with E-state index in [0.717, 1.165) is 6.20 Å². The standard InChI is InChI=1S/C13H8ClFN6/c14-9-2-7(17)1-6(3-16)12(9)21-5-8-11(20-21)10(15)4-19-13(8)18/h1-2,4-5H,17H2,(H2,18,19). The molecule has 3 rings (SSSR count). The van der Waals surface area contributed by atoms with Crippen LogP contribution < -0.4 is 11.5 Å². The van der Waals surface area contributed by atoms with Gasteiger partial charge in [0.15, 0.2) is 5.82 Å². The summed E-state index contributed by atoms with van der Waals surface area (Å²) >= 11 is 6.12. The van der Waals surface area contributed by atoms with Crippen LogP contribution in [0.4, 0.5) is 15.9 Å². The molecule has 0 bridgehead atoms. The fourth-order valence-corrected chi connectivity index (χ4v) is 2.36. The number of aromatic nitrogens is 3. The Hall–Kier alpha value is -2.85. The third kappa shape index (κ3) is 2.02. The van der Waals surface area contributed by atoms with Crippen molar-refractivity contribution >= 4 is 34.0 Å². The Labute approximate surface area is 123 Å². The summed E-state index contributed by atoms with van der Waals surface area (Å²) in [6.45, 7) is 0. The van der Waals surface area contributed by atoms with Crippen LogP contribution in [0.1, 0.15) is 5.56 Å². The van der Waals surface area contributed by atoms with E-state index in [1.54, 1.807) is 0 Å². The van der Waals surface area contributed by atoms with Crippen molar-refractivity contribution in [3.8, 4) is 11.8 Å². The van der Waals surface area contributed by atoms with Crippen molar-refractivity contribution < 1.29 is 4.39 Å². The molecule has 0 aliphatic heterocycles. The molecule has 2 heterocycles. The molecule has 0 fully saturated rings. The van der Waals surface area contributed by atoms with Crippen molar-refractivity contribution in [3.05, 3.63) is 40.9 Å². The van der Waals surface area contributed by atoms with Crippen LogP contribution in [0.25, 0.3) is 16.6 Å². The number of anilines is 2. The normalized spacial score (nSPS) is 10.7. The average Bonchev–Trinajstić information content (AvgIpc) is 2.88. The highest BCUT2D eigenvalue weighted by atomic mass is 35.5. The Morgan fingerprint density at radius 3 is 2.76 bits per heavy atom. The van der Waals surface area contributed by atoms with Gasteiger partial charge in [-0.05, 0) is 12.1 Å². The number of halogens is 2. The minimum absolute atomic E-state index is 0.0549. The summed E-state index contributed by atoms with van der Waals surface area (Å²) < 4.78 is 15.0. The predicted octanol–water partition coefficient (Wildman–Crippen LogP) is 2.25. The summed E-state index contributed by atoms with van der Waals surface area (Å²) in [5, 5.41) is 13.9. The molecule has 4 N–H and O–H groups in total. The third-order valence-corrected chi connectivity index (χ3v) is 3.26. The minimum Gasteiger partial charge on any atom is -0.399 e. The van der Waals surface area contributed by atoms with E-state index < -0.39 is 5.82 Å². The van der Waals surface area contributed by atoms with E-state index in [2.05, 4.69) is 10.1 Å². The number of nitrogens with two attached hydrogens (primary N) is 2. The van der Waals surface area contributed by atoms with E-state index in [9.17, 15) is 9.65 Å². The molecular formula is C13H8ClFN6. The zero-order chi connectivity index (χ0) is 15.1. The molecule has 104 valence electrons. The van der Waals surface area contributed by atoms with Crippen LogP contribution in [0.5, 0.6) is 0 Å². The van der Waals surface area contributed by atoms with Gasteiger partial charge in [-0.2, -0.15) is 10.4 Å². The van der Waals surface area contributed by atoms with Gasteiger partial charge in [0, 0.05) is 11.9 Å². The van der Waals surface area contributed by atoms with Crippen molar-refractivity contribution in [1.29, 1.82) is 5.26 Å². The number of pyridine rings is 1. The number of nitrogens with zero attached hydrogens (tertiary/aromatic N) is 4. The van der Waals surface area contributed by atoms with Gasteiger partial charge in [-0.15, -0.1) is 0 Å². The lowest BCUT2D eigenvalue weighted by Crippen LogP contribution is -2.01. The highest BCUT2D eigenvalue weighted by Crippen LogP contribution is 2.29. The molecule has 0 aliphatic carbocycles. The molecular weight excluding hydrogens is 295 g/mol. The minimum atomic E-state index is -0.608. The second-order valence-electron chi connectivity index (χ2n) is 4.34. The van der Waals surface area contributed by atoms with E-state index >= 15 is 0 Å². The highest BCUT2D eigenvalue weighted by molar-refractivity contribution is 6.33. The molecule has 8 heteroatoms. The van der Waals surface area contributed by atoms with E-state index in [-0.39, 0.29) is 21.9 Å².